The number of thiophene rings is 1. The number of hydrogen-bond acceptors (Lipinski definition) is 4. The Balaban J connectivity index is 0.00000338. The summed E-state index contributed by atoms with van der Waals surface area (Å²) >= 11 is 1.74. The van der Waals surface area contributed by atoms with Crippen LogP contribution in [0.5, 0.6) is 5.75 Å². The molecule has 1 heterocycles. The maximum Gasteiger partial charge on any atom is 0.239 e. The Labute approximate surface area is 175 Å². The fourth-order valence-corrected chi connectivity index (χ4v) is 2.97. The molecule has 0 fully saturated rings. The molecule has 0 bridgehead atoms. The van der Waals surface area contributed by atoms with E-state index in [2.05, 4.69) is 40.0 Å². The summed E-state index contributed by atoms with van der Waals surface area (Å²) in [5.74, 6) is 1.31. The van der Waals surface area contributed by atoms with E-state index in [1.807, 2.05) is 24.3 Å². The molecule has 0 aliphatic rings. The number of aliphatic imine (C=N–C) groups is 1. The van der Waals surface area contributed by atoms with Crippen LogP contribution in [0.4, 0.5) is 0 Å². The van der Waals surface area contributed by atoms with Crippen LogP contribution in [0.3, 0.4) is 0 Å². The number of amides is 1. The number of carbonyl (C=O) groups is 1. The molecule has 2 aromatic rings. The molecule has 0 saturated carbocycles. The van der Waals surface area contributed by atoms with Gasteiger partial charge in [-0.3, -0.25) is 9.79 Å². The number of benzene rings is 1. The highest BCUT2D eigenvalue weighted by Gasteiger charge is 2.05. The minimum atomic E-state index is -0.0919. The van der Waals surface area contributed by atoms with Crippen LogP contribution in [-0.2, 0) is 17.9 Å². The summed E-state index contributed by atoms with van der Waals surface area (Å²) in [4.78, 5) is 18.6. The van der Waals surface area contributed by atoms with E-state index >= 15 is 0 Å². The average molecular weight is 488 g/mol. The topological polar surface area (TPSA) is 74.8 Å². The van der Waals surface area contributed by atoms with Crippen molar-refractivity contribution in [1.82, 2.24) is 16.0 Å². The van der Waals surface area contributed by atoms with Gasteiger partial charge >= 0.3 is 0 Å². The van der Waals surface area contributed by atoms with Gasteiger partial charge < -0.3 is 20.7 Å². The van der Waals surface area contributed by atoms with Gasteiger partial charge in [0.1, 0.15) is 5.75 Å². The summed E-state index contributed by atoms with van der Waals surface area (Å²) in [5, 5.41) is 9.08. The van der Waals surface area contributed by atoms with Gasteiger partial charge in [0, 0.05) is 23.3 Å². The van der Waals surface area contributed by atoms with Crippen molar-refractivity contribution >= 4 is 47.2 Å². The highest BCUT2D eigenvalue weighted by atomic mass is 127. The van der Waals surface area contributed by atoms with Crippen LogP contribution in [0.15, 0.2) is 41.4 Å². The average Bonchev–Trinajstić information content (AvgIpc) is 3.05. The van der Waals surface area contributed by atoms with E-state index in [0.29, 0.717) is 19.0 Å². The lowest BCUT2D eigenvalue weighted by molar-refractivity contribution is -0.120. The summed E-state index contributed by atoms with van der Waals surface area (Å²) in [7, 11) is 3.31. The zero-order valence-electron chi connectivity index (χ0n) is 15.2. The van der Waals surface area contributed by atoms with Crippen LogP contribution >= 0.6 is 35.3 Å². The molecule has 26 heavy (non-hydrogen) atoms. The van der Waals surface area contributed by atoms with Gasteiger partial charge in [-0.2, -0.15) is 0 Å². The van der Waals surface area contributed by atoms with Gasteiger partial charge in [-0.25, -0.2) is 0 Å². The second-order valence-corrected chi connectivity index (χ2v) is 6.79. The van der Waals surface area contributed by atoms with E-state index in [1.165, 1.54) is 9.75 Å². The first-order chi connectivity index (χ1) is 12.1. The molecular weight excluding hydrogens is 463 g/mol. The van der Waals surface area contributed by atoms with Crippen molar-refractivity contribution in [1.29, 1.82) is 0 Å². The molecule has 2 rings (SSSR count). The van der Waals surface area contributed by atoms with Crippen molar-refractivity contribution in [3.63, 3.8) is 0 Å². The minimum absolute atomic E-state index is 0. The van der Waals surface area contributed by atoms with Gasteiger partial charge in [-0.1, -0.05) is 12.1 Å². The third-order valence-corrected chi connectivity index (χ3v) is 4.52. The second kappa shape index (κ2) is 11.7. The minimum Gasteiger partial charge on any atom is -0.497 e. The highest BCUT2D eigenvalue weighted by molar-refractivity contribution is 14.0. The first-order valence-electron chi connectivity index (χ1n) is 8.00. The number of nitrogens with one attached hydrogen (secondary N) is 3. The zero-order chi connectivity index (χ0) is 18.1. The zero-order valence-corrected chi connectivity index (χ0v) is 18.3. The Morgan fingerprint density at radius 3 is 2.38 bits per heavy atom. The van der Waals surface area contributed by atoms with Gasteiger partial charge in [-0.15, -0.1) is 35.3 Å². The number of aryl methyl sites for hydroxylation is 1. The summed E-state index contributed by atoms with van der Waals surface area (Å²) in [6.07, 6.45) is 0. The molecule has 0 aliphatic heterocycles. The fraction of sp³-hybridized carbons (Fsp3) is 0.333. The molecule has 0 aliphatic carbocycles. The van der Waals surface area contributed by atoms with Crippen molar-refractivity contribution in [2.75, 3.05) is 20.7 Å². The standard InChI is InChI=1S/C18H24N4O2S.HI/c1-13-4-9-16(25-13)11-21-18(19-2)22-12-17(23)20-10-14-5-7-15(24-3)8-6-14;/h4-9H,10-12H2,1-3H3,(H,20,23)(H2,19,21,22);1H. The lowest BCUT2D eigenvalue weighted by Gasteiger charge is -2.11. The number of carbonyl (C=O) groups excluding carboxylic acids is 1. The Morgan fingerprint density at radius 1 is 1.08 bits per heavy atom. The Hall–Kier alpha value is -1.81. The van der Waals surface area contributed by atoms with Gasteiger partial charge in [0.05, 0.1) is 20.2 Å². The van der Waals surface area contributed by atoms with E-state index in [4.69, 9.17) is 4.74 Å². The van der Waals surface area contributed by atoms with E-state index in [0.717, 1.165) is 11.3 Å². The van der Waals surface area contributed by atoms with Crippen LogP contribution in [0.25, 0.3) is 0 Å². The van der Waals surface area contributed by atoms with Gasteiger partial charge in [0.15, 0.2) is 5.96 Å². The number of methoxy groups -OCH3 is 1. The number of guanidine groups is 1. The molecule has 1 aromatic carbocycles. The molecule has 3 N–H and O–H groups in total. The first-order valence-corrected chi connectivity index (χ1v) is 8.82. The summed E-state index contributed by atoms with van der Waals surface area (Å²) in [6, 6.07) is 11.8. The number of nitrogens with zero attached hydrogens (tertiary/aromatic N) is 1. The monoisotopic (exact) mass is 488 g/mol. The summed E-state index contributed by atoms with van der Waals surface area (Å²) in [5.41, 5.74) is 1.02. The van der Waals surface area contributed by atoms with E-state index in [9.17, 15) is 4.79 Å². The molecule has 0 saturated heterocycles. The highest BCUT2D eigenvalue weighted by Crippen LogP contribution is 2.14. The molecule has 1 aromatic heterocycles. The van der Waals surface area contributed by atoms with Crippen molar-refractivity contribution in [3.8, 4) is 5.75 Å². The van der Waals surface area contributed by atoms with Crippen molar-refractivity contribution in [2.24, 2.45) is 4.99 Å². The van der Waals surface area contributed by atoms with Crippen LogP contribution in [0.1, 0.15) is 15.3 Å². The first kappa shape index (κ1) is 22.2. The van der Waals surface area contributed by atoms with Gasteiger partial charge in [0.25, 0.3) is 0 Å². The normalized spacial score (nSPS) is 10.7. The van der Waals surface area contributed by atoms with Gasteiger partial charge in [-0.05, 0) is 36.8 Å². The van der Waals surface area contributed by atoms with Crippen molar-refractivity contribution in [3.05, 3.63) is 51.7 Å². The molecule has 6 nitrogen and oxygen atoms in total. The molecule has 0 spiro atoms. The second-order valence-electron chi connectivity index (χ2n) is 5.42. The summed E-state index contributed by atoms with van der Waals surface area (Å²) in [6.45, 7) is 3.41. The maximum absolute atomic E-state index is 12.0. The predicted octanol–water partition coefficient (Wildman–Crippen LogP) is 2.66. The van der Waals surface area contributed by atoms with E-state index in [-0.39, 0.29) is 36.4 Å². The van der Waals surface area contributed by atoms with Crippen LogP contribution in [0, 0.1) is 6.92 Å². The fourth-order valence-electron chi connectivity index (χ4n) is 2.14. The molecule has 0 radical (unpaired) electrons. The lowest BCUT2D eigenvalue weighted by Crippen LogP contribution is -2.42. The van der Waals surface area contributed by atoms with Crippen molar-refractivity contribution in [2.45, 2.75) is 20.0 Å². The molecule has 1 amide bonds. The quantitative estimate of drug-likeness (QED) is 0.319. The number of halogens is 1. The van der Waals surface area contributed by atoms with E-state index in [1.54, 1.807) is 25.5 Å². The van der Waals surface area contributed by atoms with Crippen LogP contribution in [-0.4, -0.2) is 32.6 Å². The largest absolute Gasteiger partial charge is 0.497 e. The van der Waals surface area contributed by atoms with E-state index < -0.39 is 0 Å². The Morgan fingerprint density at radius 2 is 1.81 bits per heavy atom. The maximum atomic E-state index is 12.0. The Bertz CT molecular complexity index is 716. The van der Waals surface area contributed by atoms with Crippen LogP contribution < -0.4 is 20.7 Å². The third-order valence-electron chi connectivity index (χ3n) is 3.51. The van der Waals surface area contributed by atoms with Crippen molar-refractivity contribution < 1.29 is 9.53 Å². The Kier molecular flexibility index (Phi) is 10.0. The van der Waals surface area contributed by atoms with Crippen LogP contribution in [0.2, 0.25) is 0 Å². The lowest BCUT2D eigenvalue weighted by atomic mass is 10.2. The number of rotatable bonds is 7. The predicted molar refractivity (Wildman–Crippen MR) is 118 cm³/mol. The summed E-state index contributed by atoms with van der Waals surface area (Å²) < 4.78 is 5.11. The molecule has 0 unspecified atom stereocenters. The van der Waals surface area contributed by atoms with Gasteiger partial charge in [0.2, 0.25) is 5.91 Å². The SMILES string of the molecule is CN=C(NCC(=O)NCc1ccc(OC)cc1)NCc1ccc(C)s1.I. The smallest absolute Gasteiger partial charge is 0.239 e. The third kappa shape index (κ3) is 7.61. The molecule has 142 valence electrons. The molecular formula is C18H25IN4O2S. The molecule has 8 heteroatoms. The molecule has 0 atom stereocenters. The number of hydrogen-bond donors (Lipinski definition) is 3. The number of ether oxygens (including phenoxy) is 1.